The molecule has 2 aromatic rings. The number of rotatable bonds is 2. The molecular weight excluding hydrogens is 268 g/mol. The van der Waals surface area contributed by atoms with E-state index in [1.807, 2.05) is 18.5 Å². The Kier molecular flexibility index (Phi) is 2.87. The lowest BCUT2D eigenvalue weighted by molar-refractivity contribution is -0.126. The highest BCUT2D eigenvalue weighted by Crippen LogP contribution is 2.31. The van der Waals surface area contributed by atoms with Crippen molar-refractivity contribution in [3.8, 4) is 0 Å². The molecule has 0 spiro atoms. The molecule has 1 aliphatic heterocycles. The van der Waals surface area contributed by atoms with Crippen molar-refractivity contribution in [1.82, 2.24) is 14.9 Å². The molecule has 0 saturated carbocycles. The maximum Gasteiger partial charge on any atom is 0.235 e. The van der Waals surface area contributed by atoms with E-state index in [1.165, 1.54) is 23.1 Å². The van der Waals surface area contributed by atoms with Crippen molar-refractivity contribution in [1.29, 1.82) is 0 Å². The van der Waals surface area contributed by atoms with Gasteiger partial charge in [-0.15, -0.1) is 11.3 Å². The summed E-state index contributed by atoms with van der Waals surface area (Å²) in [6, 6.07) is 1.91. The lowest BCUT2D eigenvalue weighted by Crippen LogP contribution is -2.23. The molecular formula is C11H12N4OS2. The van der Waals surface area contributed by atoms with Gasteiger partial charge < -0.3 is 10.6 Å². The number of thioether (sulfide) groups is 1. The maximum absolute atomic E-state index is 11.8. The summed E-state index contributed by atoms with van der Waals surface area (Å²) < 4.78 is 0. The number of amides is 1. The van der Waals surface area contributed by atoms with E-state index < -0.39 is 0 Å². The van der Waals surface area contributed by atoms with Gasteiger partial charge >= 0.3 is 0 Å². The van der Waals surface area contributed by atoms with Gasteiger partial charge in [0, 0.05) is 13.6 Å². The summed E-state index contributed by atoms with van der Waals surface area (Å²) in [5.41, 5.74) is 5.88. The quantitative estimate of drug-likeness (QED) is 0.846. The minimum Gasteiger partial charge on any atom is -0.383 e. The SMILES string of the molecule is CN1CCC(Sc2nc(N)c3ccsc3n2)C1=O. The van der Waals surface area contributed by atoms with Gasteiger partial charge in [-0.05, 0) is 17.9 Å². The molecule has 3 heterocycles. The second kappa shape index (κ2) is 4.40. The number of carbonyl (C=O) groups excluding carboxylic acids is 1. The van der Waals surface area contributed by atoms with Crippen LogP contribution in [0.25, 0.3) is 10.2 Å². The molecule has 0 aliphatic carbocycles. The van der Waals surface area contributed by atoms with Gasteiger partial charge in [-0.25, -0.2) is 9.97 Å². The molecule has 0 radical (unpaired) electrons. The molecule has 1 aliphatic rings. The summed E-state index contributed by atoms with van der Waals surface area (Å²) in [4.78, 5) is 23.1. The number of carbonyl (C=O) groups is 1. The van der Waals surface area contributed by atoms with Crippen molar-refractivity contribution in [3.05, 3.63) is 11.4 Å². The number of thiophene rings is 1. The molecule has 2 N–H and O–H groups in total. The van der Waals surface area contributed by atoms with Crippen molar-refractivity contribution in [3.63, 3.8) is 0 Å². The molecule has 5 nitrogen and oxygen atoms in total. The fraction of sp³-hybridized carbons (Fsp3) is 0.364. The van der Waals surface area contributed by atoms with Gasteiger partial charge in [0.15, 0.2) is 5.16 Å². The van der Waals surface area contributed by atoms with Crippen molar-refractivity contribution in [2.75, 3.05) is 19.3 Å². The van der Waals surface area contributed by atoms with Crippen LogP contribution >= 0.6 is 23.1 Å². The highest BCUT2D eigenvalue weighted by molar-refractivity contribution is 8.00. The van der Waals surface area contributed by atoms with Gasteiger partial charge in [0.2, 0.25) is 5.91 Å². The smallest absolute Gasteiger partial charge is 0.235 e. The monoisotopic (exact) mass is 280 g/mol. The molecule has 3 rings (SSSR count). The number of nitrogens with zero attached hydrogens (tertiary/aromatic N) is 3. The topological polar surface area (TPSA) is 72.1 Å². The van der Waals surface area contributed by atoms with E-state index in [4.69, 9.17) is 5.73 Å². The third-order valence-electron chi connectivity index (χ3n) is 2.96. The summed E-state index contributed by atoms with van der Waals surface area (Å²) in [6.07, 6.45) is 0.839. The zero-order valence-corrected chi connectivity index (χ0v) is 11.4. The normalized spacial score (nSPS) is 19.9. The molecule has 7 heteroatoms. The molecule has 94 valence electrons. The number of nitrogens with two attached hydrogens (primary N) is 1. The predicted octanol–water partition coefficient (Wildman–Crippen LogP) is 1.60. The molecule has 18 heavy (non-hydrogen) atoms. The van der Waals surface area contributed by atoms with Gasteiger partial charge in [-0.2, -0.15) is 0 Å². The number of hydrogen-bond acceptors (Lipinski definition) is 6. The Balaban J connectivity index is 1.89. The van der Waals surface area contributed by atoms with Crippen LogP contribution in [-0.4, -0.2) is 39.6 Å². The van der Waals surface area contributed by atoms with Crippen molar-refractivity contribution >= 4 is 45.0 Å². The minimum absolute atomic E-state index is 0.0770. The Morgan fingerprint density at radius 1 is 1.56 bits per heavy atom. The summed E-state index contributed by atoms with van der Waals surface area (Å²) in [6.45, 7) is 0.799. The predicted molar refractivity (Wildman–Crippen MR) is 73.7 cm³/mol. The van der Waals surface area contributed by atoms with Crippen LogP contribution in [0.4, 0.5) is 5.82 Å². The molecule has 1 amide bonds. The number of aromatic nitrogens is 2. The number of hydrogen-bond donors (Lipinski definition) is 1. The van der Waals surface area contributed by atoms with Crippen LogP contribution in [0.15, 0.2) is 16.6 Å². The van der Waals surface area contributed by atoms with Crippen LogP contribution in [0.1, 0.15) is 6.42 Å². The summed E-state index contributed by atoms with van der Waals surface area (Å²) in [5, 5.41) is 3.35. The highest BCUT2D eigenvalue weighted by Gasteiger charge is 2.30. The lowest BCUT2D eigenvalue weighted by Gasteiger charge is -2.09. The minimum atomic E-state index is -0.0770. The largest absolute Gasteiger partial charge is 0.383 e. The highest BCUT2D eigenvalue weighted by atomic mass is 32.2. The first-order valence-corrected chi connectivity index (χ1v) is 7.33. The van der Waals surface area contributed by atoms with Crippen LogP contribution in [0.3, 0.4) is 0 Å². The average Bonchev–Trinajstić information content (AvgIpc) is 2.91. The molecule has 2 aromatic heterocycles. The number of fused-ring (bicyclic) bond motifs is 1. The van der Waals surface area contributed by atoms with Crippen molar-refractivity contribution in [2.24, 2.45) is 0 Å². The van der Waals surface area contributed by atoms with Gasteiger partial charge in [-0.3, -0.25) is 4.79 Å². The first kappa shape index (κ1) is 11.7. The number of nitrogen functional groups attached to an aromatic ring is 1. The summed E-state index contributed by atoms with van der Waals surface area (Å²) in [7, 11) is 1.82. The maximum atomic E-state index is 11.8. The second-order valence-electron chi connectivity index (χ2n) is 4.19. The second-order valence-corrected chi connectivity index (χ2v) is 6.25. The van der Waals surface area contributed by atoms with E-state index in [9.17, 15) is 4.79 Å². The third kappa shape index (κ3) is 1.93. The van der Waals surface area contributed by atoms with E-state index in [-0.39, 0.29) is 11.2 Å². The van der Waals surface area contributed by atoms with Crippen molar-refractivity contribution in [2.45, 2.75) is 16.8 Å². The Bertz CT molecular complexity index is 612. The zero-order chi connectivity index (χ0) is 12.7. The van der Waals surface area contributed by atoms with Gasteiger partial charge in [-0.1, -0.05) is 11.8 Å². The van der Waals surface area contributed by atoms with E-state index in [0.717, 1.165) is 23.2 Å². The van der Waals surface area contributed by atoms with Crippen LogP contribution in [0.2, 0.25) is 0 Å². The lowest BCUT2D eigenvalue weighted by atomic mass is 10.4. The van der Waals surface area contributed by atoms with E-state index in [2.05, 4.69) is 9.97 Å². The molecule has 0 aromatic carbocycles. The number of likely N-dealkylation sites (tertiary alicyclic amines) is 1. The first-order valence-electron chi connectivity index (χ1n) is 5.57. The van der Waals surface area contributed by atoms with Crippen LogP contribution in [0.5, 0.6) is 0 Å². The third-order valence-corrected chi connectivity index (χ3v) is 4.88. The summed E-state index contributed by atoms with van der Waals surface area (Å²) in [5.74, 6) is 0.635. The molecule has 1 unspecified atom stereocenters. The molecule has 1 atom stereocenters. The number of anilines is 1. The fourth-order valence-corrected chi connectivity index (χ4v) is 3.82. The van der Waals surface area contributed by atoms with Crippen LogP contribution < -0.4 is 5.73 Å². The Morgan fingerprint density at radius 3 is 3.11 bits per heavy atom. The average molecular weight is 280 g/mol. The first-order chi connectivity index (χ1) is 8.65. The fourth-order valence-electron chi connectivity index (χ4n) is 1.94. The van der Waals surface area contributed by atoms with E-state index >= 15 is 0 Å². The Morgan fingerprint density at radius 2 is 2.39 bits per heavy atom. The molecule has 1 fully saturated rings. The molecule has 1 saturated heterocycles. The summed E-state index contributed by atoms with van der Waals surface area (Å²) >= 11 is 2.94. The Labute approximate surface area is 112 Å². The van der Waals surface area contributed by atoms with Gasteiger partial charge in [0.05, 0.1) is 10.6 Å². The van der Waals surface area contributed by atoms with E-state index in [0.29, 0.717) is 11.0 Å². The zero-order valence-electron chi connectivity index (χ0n) is 9.79. The van der Waals surface area contributed by atoms with E-state index in [1.54, 1.807) is 4.90 Å². The molecule has 0 bridgehead atoms. The van der Waals surface area contributed by atoms with Gasteiger partial charge in [0.25, 0.3) is 0 Å². The standard InChI is InChI=1S/C11H12N4OS2/c1-15-4-2-7(10(15)16)18-11-13-8(12)6-3-5-17-9(6)14-11/h3,5,7H,2,4H2,1H3,(H2,12,13,14). The van der Waals surface area contributed by atoms with Crippen molar-refractivity contribution < 1.29 is 4.79 Å². The van der Waals surface area contributed by atoms with Crippen LogP contribution in [0, 0.1) is 0 Å². The van der Waals surface area contributed by atoms with Crippen LogP contribution in [-0.2, 0) is 4.79 Å². The van der Waals surface area contributed by atoms with Gasteiger partial charge in [0.1, 0.15) is 10.6 Å². The Hall–Kier alpha value is -1.34.